The van der Waals surface area contributed by atoms with Crippen LogP contribution in [0.2, 0.25) is 0 Å². The van der Waals surface area contributed by atoms with Crippen molar-refractivity contribution >= 4 is 11.8 Å². The van der Waals surface area contributed by atoms with Gasteiger partial charge in [-0.3, -0.25) is 9.79 Å². The lowest BCUT2D eigenvalue weighted by Gasteiger charge is -2.06. The first-order valence-corrected chi connectivity index (χ1v) is 5.28. The molecular weight excluding hydrogens is 180 g/mol. The van der Waals surface area contributed by atoms with E-state index in [1.165, 1.54) is 19.3 Å². The summed E-state index contributed by atoms with van der Waals surface area (Å²) in [5, 5.41) is 11.6. The minimum Gasteiger partial charge on any atom is -0.481 e. The van der Waals surface area contributed by atoms with Crippen molar-refractivity contribution in [2.75, 3.05) is 13.1 Å². The predicted octanol–water partition coefficient (Wildman–Crippen LogP) is 1.41. The Morgan fingerprint density at radius 2 is 2.29 bits per heavy atom. The average molecular weight is 198 g/mol. The summed E-state index contributed by atoms with van der Waals surface area (Å²) in [6, 6.07) is 0. The van der Waals surface area contributed by atoms with E-state index in [1.807, 2.05) is 0 Å². The molecule has 0 bridgehead atoms. The van der Waals surface area contributed by atoms with Crippen molar-refractivity contribution in [2.45, 2.75) is 38.5 Å². The van der Waals surface area contributed by atoms with Gasteiger partial charge in [0.05, 0.1) is 5.84 Å². The van der Waals surface area contributed by atoms with E-state index in [4.69, 9.17) is 5.11 Å². The van der Waals surface area contributed by atoms with Crippen molar-refractivity contribution < 1.29 is 9.90 Å². The number of aliphatic imine (C=N–C) groups is 1. The molecule has 4 heteroatoms. The first-order valence-electron chi connectivity index (χ1n) is 5.28. The second-order valence-corrected chi connectivity index (χ2v) is 3.56. The van der Waals surface area contributed by atoms with Crippen LogP contribution in [-0.4, -0.2) is 30.0 Å². The number of amidine groups is 1. The van der Waals surface area contributed by atoms with Crippen molar-refractivity contribution in [3.63, 3.8) is 0 Å². The highest BCUT2D eigenvalue weighted by atomic mass is 16.4. The lowest BCUT2D eigenvalue weighted by Crippen LogP contribution is -2.24. The number of nitrogens with zero attached hydrogens (tertiary/aromatic N) is 1. The molecule has 0 saturated carbocycles. The molecule has 0 atom stereocenters. The summed E-state index contributed by atoms with van der Waals surface area (Å²) in [5.41, 5.74) is 0. The summed E-state index contributed by atoms with van der Waals surface area (Å²) < 4.78 is 0. The molecule has 14 heavy (non-hydrogen) atoms. The van der Waals surface area contributed by atoms with Crippen molar-refractivity contribution in [2.24, 2.45) is 4.99 Å². The summed E-state index contributed by atoms with van der Waals surface area (Å²) in [6.45, 7) is 1.65. The van der Waals surface area contributed by atoms with Crippen LogP contribution in [0.4, 0.5) is 0 Å². The lowest BCUT2D eigenvalue weighted by molar-refractivity contribution is -0.137. The fraction of sp³-hybridized carbons (Fsp3) is 0.800. The zero-order valence-corrected chi connectivity index (χ0v) is 8.46. The third kappa shape index (κ3) is 4.84. The van der Waals surface area contributed by atoms with Gasteiger partial charge in [-0.15, -0.1) is 0 Å². The van der Waals surface area contributed by atoms with Gasteiger partial charge in [-0.1, -0.05) is 6.42 Å². The van der Waals surface area contributed by atoms with Crippen LogP contribution in [0.3, 0.4) is 0 Å². The monoisotopic (exact) mass is 198 g/mol. The quantitative estimate of drug-likeness (QED) is 0.671. The number of aliphatic carboxylic acids is 1. The first-order chi connectivity index (χ1) is 6.79. The first kappa shape index (κ1) is 11.0. The summed E-state index contributed by atoms with van der Waals surface area (Å²) in [7, 11) is 0. The Morgan fingerprint density at radius 1 is 1.43 bits per heavy atom. The topological polar surface area (TPSA) is 61.7 Å². The minimum atomic E-state index is -0.727. The van der Waals surface area contributed by atoms with Crippen LogP contribution in [0.25, 0.3) is 0 Å². The molecule has 4 nitrogen and oxygen atoms in total. The lowest BCUT2D eigenvalue weighted by atomic mass is 10.2. The SMILES string of the molecule is O=C(O)CCCNC1=NCCCCC1. The number of carboxylic acids is 1. The van der Waals surface area contributed by atoms with Gasteiger partial charge < -0.3 is 10.4 Å². The molecule has 1 aliphatic heterocycles. The average Bonchev–Trinajstić information content (AvgIpc) is 2.40. The summed E-state index contributed by atoms with van der Waals surface area (Å²) in [6.07, 6.45) is 5.57. The molecule has 0 radical (unpaired) electrons. The van der Waals surface area contributed by atoms with Gasteiger partial charge in [-0.25, -0.2) is 0 Å². The smallest absolute Gasteiger partial charge is 0.303 e. The van der Waals surface area contributed by atoms with Crippen LogP contribution in [0.5, 0.6) is 0 Å². The van der Waals surface area contributed by atoms with Crippen LogP contribution in [0, 0.1) is 0 Å². The minimum absolute atomic E-state index is 0.236. The van der Waals surface area contributed by atoms with Gasteiger partial charge >= 0.3 is 5.97 Å². The number of carbonyl (C=O) groups is 1. The van der Waals surface area contributed by atoms with Crippen LogP contribution < -0.4 is 5.32 Å². The maximum absolute atomic E-state index is 10.2. The van der Waals surface area contributed by atoms with E-state index in [2.05, 4.69) is 10.3 Å². The Kier molecular flexibility index (Phi) is 5.04. The fourth-order valence-corrected chi connectivity index (χ4v) is 1.49. The second kappa shape index (κ2) is 6.40. The molecule has 1 aliphatic rings. The van der Waals surface area contributed by atoms with E-state index < -0.39 is 5.97 Å². The van der Waals surface area contributed by atoms with E-state index >= 15 is 0 Å². The summed E-state index contributed by atoms with van der Waals surface area (Å²) in [5.74, 6) is 0.336. The number of nitrogens with one attached hydrogen (secondary N) is 1. The van der Waals surface area contributed by atoms with Gasteiger partial charge in [0.25, 0.3) is 0 Å². The summed E-state index contributed by atoms with van der Waals surface area (Å²) >= 11 is 0. The Bertz CT molecular complexity index is 214. The van der Waals surface area contributed by atoms with Gasteiger partial charge in [0.15, 0.2) is 0 Å². The van der Waals surface area contributed by atoms with E-state index in [9.17, 15) is 4.79 Å². The molecule has 0 aliphatic carbocycles. The van der Waals surface area contributed by atoms with Gasteiger partial charge in [0, 0.05) is 25.9 Å². The highest BCUT2D eigenvalue weighted by Crippen LogP contribution is 2.05. The number of rotatable bonds is 4. The van der Waals surface area contributed by atoms with Crippen molar-refractivity contribution in [1.82, 2.24) is 5.32 Å². The molecule has 1 heterocycles. The normalized spacial score (nSPS) is 17.0. The number of carboxylic acid groups (broad SMARTS) is 1. The Labute approximate surface area is 84.4 Å². The molecule has 0 spiro atoms. The molecule has 0 fully saturated rings. The van der Waals surface area contributed by atoms with Crippen molar-refractivity contribution in [3.05, 3.63) is 0 Å². The maximum atomic E-state index is 10.2. The molecule has 0 saturated heterocycles. The molecular formula is C10H18N2O2. The fourth-order valence-electron chi connectivity index (χ4n) is 1.49. The summed E-state index contributed by atoms with van der Waals surface area (Å²) in [4.78, 5) is 14.6. The molecule has 0 unspecified atom stereocenters. The Hall–Kier alpha value is -1.06. The second-order valence-electron chi connectivity index (χ2n) is 3.56. The Balaban J connectivity index is 2.10. The predicted molar refractivity (Wildman–Crippen MR) is 55.6 cm³/mol. The largest absolute Gasteiger partial charge is 0.481 e. The van der Waals surface area contributed by atoms with E-state index in [1.54, 1.807) is 0 Å². The van der Waals surface area contributed by atoms with Crippen LogP contribution in [-0.2, 0) is 4.79 Å². The van der Waals surface area contributed by atoms with E-state index in [0.29, 0.717) is 6.42 Å². The third-order valence-electron chi connectivity index (χ3n) is 2.27. The number of hydrogen-bond donors (Lipinski definition) is 2. The van der Waals surface area contributed by atoms with Crippen molar-refractivity contribution in [3.8, 4) is 0 Å². The third-order valence-corrected chi connectivity index (χ3v) is 2.27. The zero-order chi connectivity index (χ0) is 10.2. The van der Waals surface area contributed by atoms with Gasteiger partial charge in [-0.05, 0) is 19.3 Å². The molecule has 0 aromatic heterocycles. The number of hydrogen-bond acceptors (Lipinski definition) is 3. The van der Waals surface area contributed by atoms with Crippen LogP contribution >= 0.6 is 0 Å². The zero-order valence-electron chi connectivity index (χ0n) is 8.46. The molecule has 1 rings (SSSR count). The molecule has 2 N–H and O–H groups in total. The molecule has 0 aromatic carbocycles. The van der Waals surface area contributed by atoms with Crippen molar-refractivity contribution in [1.29, 1.82) is 0 Å². The highest BCUT2D eigenvalue weighted by molar-refractivity contribution is 5.82. The highest BCUT2D eigenvalue weighted by Gasteiger charge is 2.03. The van der Waals surface area contributed by atoms with Gasteiger partial charge in [-0.2, -0.15) is 0 Å². The van der Waals surface area contributed by atoms with Crippen LogP contribution in [0.15, 0.2) is 4.99 Å². The Morgan fingerprint density at radius 3 is 3.07 bits per heavy atom. The van der Waals surface area contributed by atoms with E-state index in [0.717, 1.165) is 25.3 Å². The van der Waals surface area contributed by atoms with E-state index in [-0.39, 0.29) is 6.42 Å². The molecule has 0 aromatic rings. The van der Waals surface area contributed by atoms with Gasteiger partial charge in [0.2, 0.25) is 0 Å². The van der Waals surface area contributed by atoms with Gasteiger partial charge in [0.1, 0.15) is 0 Å². The standard InChI is InChI=1S/C10H18N2O2/c13-10(14)6-4-8-12-9-5-2-1-3-7-11-9/h1-8H2,(H,11,12)(H,13,14). The maximum Gasteiger partial charge on any atom is 0.303 e. The molecule has 0 amide bonds. The molecule has 80 valence electrons. The van der Waals surface area contributed by atoms with Crippen LogP contribution in [0.1, 0.15) is 38.5 Å².